The van der Waals surface area contributed by atoms with Crippen LogP contribution in [0.1, 0.15) is 97.4 Å². The molecule has 0 fully saturated rings. The highest BCUT2D eigenvalue weighted by Crippen LogP contribution is 2.42. The Morgan fingerprint density at radius 2 is 0.974 bits per heavy atom. The fourth-order valence-corrected chi connectivity index (χ4v) is 9.54. The van der Waals surface area contributed by atoms with E-state index in [9.17, 15) is 51.8 Å². The topological polar surface area (TPSA) is 179 Å². The van der Waals surface area contributed by atoms with Crippen molar-refractivity contribution in [2.24, 2.45) is 35.5 Å². The van der Waals surface area contributed by atoms with Gasteiger partial charge in [-0.25, -0.2) is 0 Å². The molecule has 2 aliphatic heterocycles. The Bertz CT molecular complexity index is 2790. The number of hydrogen-bond donors (Lipinski definition) is 3. The third-order valence-electron chi connectivity index (χ3n) is 12.8. The number of carboxylic acids is 1. The van der Waals surface area contributed by atoms with Gasteiger partial charge >= 0.3 is 18.1 Å². The first-order valence-corrected chi connectivity index (χ1v) is 26.0. The number of nitrogens with zero attached hydrogens (tertiary/aromatic N) is 2. The lowest BCUT2D eigenvalue weighted by Crippen LogP contribution is -2.46. The summed E-state index contributed by atoms with van der Waals surface area (Å²) in [6.07, 6.45) is -0.395. The van der Waals surface area contributed by atoms with Crippen LogP contribution in [0.4, 0.5) is 24.5 Å². The predicted molar refractivity (Wildman–Crippen MR) is 295 cm³/mol. The summed E-state index contributed by atoms with van der Waals surface area (Å²) < 4.78 is 39.2. The van der Waals surface area contributed by atoms with E-state index < -0.39 is 76.0 Å². The minimum absolute atomic E-state index is 0.112. The number of anilines is 2. The largest absolute Gasteiger partial charge is 0.481 e. The van der Waals surface area contributed by atoms with Crippen molar-refractivity contribution < 1.29 is 56.6 Å². The minimum Gasteiger partial charge on any atom is -0.481 e. The molecule has 0 bridgehead atoms. The number of carbonyl (C=O) groups excluding carboxylic acids is 6. The first kappa shape index (κ1) is 62.8. The second-order valence-corrected chi connectivity index (χ2v) is 21.8. The number of halogens is 5. The number of alkyl halides is 5. The van der Waals surface area contributed by atoms with Crippen LogP contribution in [-0.2, 0) is 38.3 Å². The maximum atomic E-state index is 13.9. The minimum atomic E-state index is -4.92. The monoisotopic (exact) mass is 1100 g/mol. The number of esters is 1. The molecular weight excluding hydrogens is 1040 g/mol. The van der Waals surface area contributed by atoms with Crippen LogP contribution in [0.3, 0.4) is 0 Å². The number of ketones is 1. The van der Waals surface area contributed by atoms with E-state index in [-0.39, 0.29) is 36.0 Å². The molecular formula is C59H69Cl2F3N4O9. The van der Waals surface area contributed by atoms with Gasteiger partial charge in [-0.1, -0.05) is 148 Å². The second kappa shape index (κ2) is 27.5. The van der Waals surface area contributed by atoms with Gasteiger partial charge in [-0.3, -0.25) is 33.6 Å². The number of allylic oxidation sites excluding steroid dienone is 2. The van der Waals surface area contributed by atoms with Gasteiger partial charge in [-0.15, -0.1) is 13.2 Å². The van der Waals surface area contributed by atoms with Gasteiger partial charge < -0.3 is 30.3 Å². The summed E-state index contributed by atoms with van der Waals surface area (Å²) in [6, 6.07) is 28.7. The van der Waals surface area contributed by atoms with E-state index >= 15 is 0 Å². The molecule has 0 saturated carbocycles. The van der Waals surface area contributed by atoms with Gasteiger partial charge in [0.2, 0.25) is 11.8 Å². The average molecular weight is 1110 g/mol. The van der Waals surface area contributed by atoms with Crippen molar-refractivity contribution in [2.45, 2.75) is 103 Å². The molecule has 0 radical (unpaired) electrons. The molecule has 0 aliphatic carbocycles. The van der Waals surface area contributed by atoms with Crippen LogP contribution in [0.5, 0.6) is 0 Å². The number of rotatable bonds is 17. The summed E-state index contributed by atoms with van der Waals surface area (Å²) in [5, 5.41) is 15.7. The predicted octanol–water partition coefficient (Wildman–Crippen LogP) is 12.0. The standard InChI is InChI=1S/C30H38N2O4.C26H30N2O4.C3HCl2F3O/c1-8-13-23(29(35)36-30(4,5)6)24(18-19(2)3)27(33)31-26-22-16-10-9-14-20(22)21-15-11-12-17-25(21)32(7)28(26)34;1-5-10-20(26(31)32)21(15-16(2)3)24(29)27-23-19-13-7-6-11-17(19)18-12-8-9-14-22(18)28(4)25(23)30;4-2(5)1(9)3(6,7)8/h8-12,14-17,19,23-24,26H,1,13,18H2,2-7H3,(H,31,33);5-9,11-14,16,20-21,23H,1,10,15H2,2-4H3,(H,27,29)(H,31,32);2H/t23-,24+,26?;20-,21+,23?;/m00./s1. The van der Waals surface area contributed by atoms with Crippen molar-refractivity contribution in [1.82, 2.24) is 10.6 Å². The van der Waals surface area contributed by atoms with Crippen molar-refractivity contribution in [3.63, 3.8) is 0 Å². The number of ether oxygens (including phenoxy) is 1. The third-order valence-corrected chi connectivity index (χ3v) is 13.2. The number of nitrogens with one attached hydrogen (secondary N) is 2. The second-order valence-electron chi connectivity index (χ2n) is 20.7. The molecule has 4 aromatic carbocycles. The number of benzene rings is 4. The average Bonchev–Trinajstić information content (AvgIpc) is 3.51. The lowest BCUT2D eigenvalue weighted by molar-refractivity contribution is -0.169. The Morgan fingerprint density at radius 1 is 0.623 bits per heavy atom. The van der Waals surface area contributed by atoms with Crippen LogP contribution in [0.2, 0.25) is 0 Å². The molecule has 2 aliphatic rings. The molecule has 2 unspecified atom stereocenters. The van der Waals surface area contributed by atoms with Gasteiger partial charge in [0.1, 0.15) is 17.7 Å². The molecule has 6 atom stereocenters. The molecule has 3 N–H and O–H groups in total. The highest BCUT2D eigenvalue weighted by atomic mass is 35.5. The van der Waals surface area contributed by atoms with E-state index in [0.29, 0.717) is 24.8 Å². The molecule has 13 nitrogen and oxygen atoms in total. The first-order valence-electron chi connectivity index (χ1n) is 25.1. The molecule has 4 amide bonds. The van der Waals surface area contributed by atoms with Gasteiger partial charge in [0.15, 0.2) is 4.84 Å². The molecule has 0 spiro atoms. The molecule has 414 valence electrons. The maximum Gasteiger partial charge on any atom is 0.452 e. The Labute approximate surface area is 459 Å². The quantitative estimate of drug-likeness (QED) is 0.0527. The van der Waals surface area contributed by atoms with Crippen molar-refractivity contribution in [2.75, 3.05) is 23.9 Å². The Kier molecular flexibility index (Phi) is 22.4. The van der Waals surface area contributed by atoms with E-state index in [1.807, 2.05) is 146 Å². The maximum absolute atomic E-state index is 13.9. The van der Waals surface area contributed by atoms with E-state index in [4.69, 9.17) is 4.74 Å². The zero-order valence-corrected chi connectivity index (χ0v) is 46.3. The first-order chi connectivity index (χ1) is 36.1. The van der Waals surface area contributed by atoms with Gasteiger partial charge in [0.25, 0.3) is 17.6 Å². The summed E-state index contributed by atoms with van der Waals surface area (Å²) in [6.45, 7) is 20.8. The zero-order chi connectivity index (χ0) is 57.7. The summed E-state index contributed by atoms with van der Waals surface area (Å²) in [7, 11) is 3.41. The fraction of sp³-hybridized carbons (Fsp3) is 0.407. The van der Waals surface area contributed by atoms with Crippen LogP contribution in [0.25, 0.3) is 22.3 Å². The van der Waals surface area contributed by atoms with E-state index in [1.165, 1.54) is 6.08 Å². The normalized spacial score (nSPS) is 16.4. The molecule has 0 aromatic heterocycles. The van der Waals surface area contributed by atoms with Crippen LogP contribution < -0.4 is 20.4 Å². The van der Waals surface area contributed by atoms with E-state index in [1.54, 1.807) is 30.0 Å². The number of carbonyl (C=O) groups is 7. The fourth-order valence-electron chi connectivity index (χ4n) is 9.29. The Hall–Kier alpha value is -6.78. The summed E-state index contributed by atoms with van der Waals surface area (Å²) in [5.41, 5.74) is 5.88. The number of likely N-dealkylation sites (N-methyl/N-ethyl adjacent to an activating group) is 2. The molecule has 18 heteroatoms. The van der Waals surface area contributed by atoms with Crippen molar-refractivity contribution in [1.29, 1.82) is 0 Å². The van der Waals surface area contributed by atoms with Gasteiger partial charge in [-0.2, -0.15) is 13.2 Å². The van der Waals surface area contributed by atoms with Crippen LogP contribution in [-0.4, -0.2) is 77.2 Å². The van der Waals surface area contributed by atoms with Crippen molar-refractivity contribution in [3.05, 3.63) is 133 Å². The molecule has 2 heterocycles. The lowest BCUT2D eigenvalue weighted by Gasteiger charge is -2.30. The van der Waals surface area contributed by atoms with Crippen LogP contribution in [0, 0.1) is 35.5 Å². The van der Waals surface area contributed by atoms with Gasteiger partial charge in [-0.05, 0) is 92.7 Å². The van der Waals surface area contributed by atoms with Gasteiger partial charge in [0, 0.05) is 25.2 Å². The van der Waals surface area contributed by atoms with E-state index in [0.717, 1.165) is 39.2 Å². The number of para-hydroxylation sites is 2. The molecule has 0 saturated heterocycles. The van der Waals surface area contributed by atoms with E-state index in [2.05, 4.69) is 47.0 Å². The molecule has 77 heavy (non-hydrogen) atoms. The smallest absolute Gasteiger partial charge is 0.452 e. The zero-order valence-electron chi connectivity index (χ0n) is 44.8. The van der Waals surface area contributed by atoms with Crippen molar-refractivity contribution >= 4 is 75.9 Å². The van der Waals surface area contributed by atoms with Crippen LogP contribution in [0.15, 0.2) is 122 Å². The number of amides is 4. The summed E-state index contributed by atoms with van der Waals surface area (Å²) in [5.74, 6) is -7.66. The number of fused-ring (bicyclic) bond motifs is 6. The SMILES string of the molecule is C=CC[C@H](C(=O)O)[C@@H](CC(C)C)C(=O)NC1C(=O)N(C)c2ccccc2-c2ccccc21.C=CC[C@H](C(=O)OC(C)(C)C)[C@@H](CC(C)C)C(=O)NC1C(=O)N(C)c2ccccc2-c2ccccc21.O=C(C(Cl)Cl)C(F)(F)F. The highest BCUT2D eigenvalue weighted by Gasteiger charge is 2.43. The lowest BCUT2D eigenvalue weighted by atomic mass is 9.82. The molecule has 6 rings (SSSR count). The summed E-state index contributed by atoms with van der Waals surface area (Å²) in [4.78, 5) is 90.4. The number of aliphatic carboxylic acids is 1. The third kappa shape index (κ3) is 16.4. The summed E-state index contributed by atoms with van der Waals surface area (Å²) >= 11 is 9.22. The van der Waals surface area contributed by atoms with Crippen LogP contribution >= 0.6 is 23.2 Å². The highest BCUT2D eigenvalue weighted by molar-refractivity contribution is 6.54. The number of hydrogen-bond acceptors (Lipinski definition) is 8. The van der Waals surface area contributed by atoms with Crippen molar-refractivity contribution in [3.8, 4) is 22.3 Å². The Balaban J connectivity index is 0.000000288. The Morgan fingerprint density at radius 3 is 1.30 bits per heavy atom. The molecule has 4 aromatic rings. The number of carboxylic acid groups (broad SMARTS) is 1. The number of Topliss-reactive ketones (excluding diaryl/α,β-unsaturated/α-hetero) is 1. The van der Waals surface area contributed by atoms with Gasteiger partial charge in [0.05, 0.1) is 35.0 Å².